The van der Waals surface area contributed by atoms with Crippen LogP contribution in [-0.4, -0.2) is 43.4 Å². The van der Waals surface area contributed by atoms with E-state index in [9.17, 15) is 4.79 Å². The fraction of sp³-hybridized carbons (Fsp3) is 0.917. The summed E-state index contributed by atoms with van der Waals surface area (Å²) in [6, 6.07) is 0.0989. The molecule has 3 nitrogen and oxygen atoms in total. The van der Waals surface area contributed by atoms with Gasteiger partial charge in [0, 0.05) is 19.5 Å². The molecule has 0 saturated carbocycles. The van der Waals surface area contributed by atoms with Crippen LogP contribution in [0.25, 0.3) is 0 Å². The van der Waals surface area contributed by atoms with E-state index in [4.69, 9.17) is 0 Å². The van der Waals surface area contributed by atoms with Crippen molar-refractivity contribution in [2.75, 3.05) is 26.7 Å². The summed E-state index contributed by atoms with van der Waals surface area (Å²) in [5, 5.41) is 3.22. The molecule has 1 saturated heterocycles. The van der Waals surface area contributed by atoms with Crippen molar-refractivity contribution >= 4 is 5.78 Å². The molecule has 0 bridgehead atoms. The van der Waals surface area contributed by atoms with Crippen LogP contribution in [0.5, 0.6) is 0 Å². The highest BCUT2D eigenvalue weighted by molar-refractivity contribution is 5.86. The Morgan fingerprint density at radius 3 is 2.60 bits per heavy atom. The minimum atomic E-state index is 0.0989. The fourth-order valence-corrected chi connectivity index (χ4v) is 1.66. The van der Waals surface area contributed by atoms with E-state index in [2.05, 4.69) is 24.2 Å². The normalized spacial score (nSPS) is 20.3. The third kappa shape index (κ3) is 5.90. The Balaban J connectivity index is 0.000000921. The number of carbonyl (C=O) groups excluding carboxylic acids is 1. The molecule has 15 heavy (non-hydrogen) atoms. The lowest BCUT2D eigenvalue weighted by atomic mass is 10.2. The van der Waals surface area contributed by atoms with Gasteiger partial charge in [0.25, 0.3) is 0 Å². The van der Waals surface area contributed by atoms with Crippen LogP contribution in [0.2, 0.25) is 0 Å². The second-order valence-corrected chi connectivity index (χ2v) is 3.84. The van der Waals surface area contributed by atoms with E-state index < -0.39 is 0 Å². The fourth-order valence-electron chi connectivity index (χ4n) is 1.66. The minimum Gasteiger partial charge on any atom is -0.306 e. The average Bonchev–Trinajstić information content (AvgIpc) is 2.64. The van der Waals surface area contributed by atoms with Crippen molar-refractivity contribution in [3.05, 3.63) is 0 Å². The van der Waals surface area contributed by atoms with E-state index in [0.29, 0.717) is 12.2 Å². The number of nitrogens with zero attached hydrogens (tertiary/aromatic N) is 1. The Kier molecular flexibility index (Phi) is 8.62. The van der Waals surface area contributed by atoms with Crippen LogP contribution >= 0.6 is 0 Å². The van der Waals surface area contributed by atoms with E-state index >= 15 is 0 Å². The second kappa shape index (κ2) is 8.86. The highest BCUT2D eigenvalue weighted by atomic mass is 16.1. The third-order valence-electron chi connectivity index (χ3n) is 2.54. The van der Waals surface area contributed by atoms with Gasteiger partial charge in [-0.05, 0) is 20.0 Å². The summed E-state index contributed by atoms with van der Waals surface area (Å²) in [6.07, 6.45) is 3.15. The van der Waals surface area contributed by atoms with Crippen LogP contribution < -0.4 is 5.32 Å². The zero-order chi connectivity index (χ0) is 11.7. The van der Waals surface area contributed by atoms with E-state index in [1.807, 2.05) is 13.8 Å². The Hall–Kier alpha value is -0.410. The smallest absolute Gasteiger partial charge is 0.152 e. The molecule has 1 rings (SSSR count). The van der Waals surface area contributed by atoms with Gasteiger partial charge >= 0.3 is 0 Å². The molecule has 1 atom stereocenters. The molecule has 0 aromatic heterocycles. The number of Topliss-reactive ketones (excluding diaryl/α,β-unsaturated/α-hetero) is 1. The third-order valence-corrected chi connectivity index (χ3v) is 2.54. The monoisotopic (exact) mass is 214 g/mol. The molecule has 1 fully saturated rings. The molecule has 0 radical (unpaired) electrons. The molecule has 1 aliphatic rings. The molecule has 0 aliphatic carbocycles. The molecule has 0 spiro atoms. The van der Waals surface area contributed by atoms with Gasteiger partial charge in [-0.15, -0.1) is 0 Å². The molecule has 1 N–H and O–H groups in total. The number of nitrogens with one attached hydrogen (secondary N) is 1. The van der Waals surface area contributed by atoms with E-state index in [-0.39, 0.29) is 6.04 Å². The number of carbonyl (C=O) groups is 1. The van der Waals surface area contributed by atoms with Gasteiger partial charge in [-0.1, -0.05) is 27.2 Å². The Morgan fingerprint density at radius 2 is 2.13 bits per heavy atom. The molecular weight excluding hydrogens is 188 g/mol. The molecule has 1 heterocycles. The molecule has 1 aliphatic heterocycles. The molecular formula is C12H26N2O. The van der Waals surface area contributed by atoms with Crippen molar-refractivity contribution in [2.45, 2.75) is 46.1 Å². The summed E-state index contributed by atoms with van der Waals surface area (Å²) in [4.78, 5) is 13.5. The maximum atomic E-state index is 11.3. The summed E-state index contributed by atoms with van der Waals surface area (Å²) < 4.78 is 0. The molecule has 0 aromatic rings. The molecule has 1 unspecified atom stereocenters. The SMILES string of the molecule is CC.CCCCN(C)CC1NCCC1=O. The number of unbranched alkanes of at least 4 members (excludes halogenated alkanes) is 1. The maximum Gasteiger partial charge on any atom is 0.152 e. The Bertz CT molecular complexity index is 171. The van der Waals surface area contributed by atoms with Gasteiger partial charge in [0.2, 0.25) is 0 Å². The second-order valence-electron chi connectivity index (χ2n) is 3.84. The number of hydrogen-bond donors (Lipinski definition) is 1. The van der Waals surface area contributed by atoms with Crippen LogP contribution in [0.4, 0.5) is 0 Å². The lowest BCUT2D eigenvalue weighted by Gasteiger charge is -2.19. The lowest BCUT2D eigenvalue weighted by Crippen LogP contribution is -2.39. The highest BCUT2D eigenvalue weighted by Crippen LogP contribution is 2.02. The number of likely N-dealkylation sites (N-methyl/N-ethyl adjacent to an activating group) is 1. The Labute approximate surface area is 94.2 Å². The van der Waals surface area contributed by atoms with Crippen LogP contribution in [0, 0.1) is 0 Å². The van der Waals surface area contributed by atoms with Gasteiger partial charge in [0.15, 0.2) is 5.78 Å². The molecule has 0 aromatic carbocycles. The first-order valence-corrected chi connectivity index (χ1v) is 6.18. The van der Waals surface area contributed by atoms with Crippen LogP contribution in [0.15, 0.2) is 0 Å². The predicted molar refractivity (Wildman–Crippen MR) is 65.2 cm³/mol. The zero-order valence-electron chi connectivity index (χ0n) is 10.7. The lowest BCUT2D eigenvalue weighted by molar-refractivity contribution is -0.119. The first kappa shape index (κ1) is 14.6. The van der Waals surface area contributed by atoms with Crippen molar-refractivity contribution in [3.8, 4) is 0 Å². The van der Waals surface area contributed by atoms with Gasteiger partial charge in [-0.2, -0.15) is 0 Å². The minimum absolute atomic E-state index is 0.0989. The number of rotatable bonds is 5. The van der Waals surface area contributed by atoms with Crippen molar-refractivity contribution in [1.29, 1.82) is 0 Å². The first-order valence-electron chi connectivity index (χ1n) is 6.18. The predicted octanol–water partition coefficient (Wildman–Crippen LogP) is 1.68. The summed E-state index contributed by atoms with van der Waals surface area (Å²) in [7, 11) is 2.09. The van der Waals surface area contributed by atoms with Crippen molar-refractivity contribution < 1.29 is 4.79 Å². The number of ketones is 1. The standard InChI is InChI=1S/C10H20N2O.C2H6/c1-3-4-7-12(2)8-9-10(13)5-6-11-9;1-2/h9,11H,3-8H2,1-2H3;1-2H3. The molecule has 3 heteroatoms. The van der Waals surface area contributed by atoms with Crippen molar-refractivity contribution in [1.82, 2.24) is 10.2 Å². The Morgan fingerprint density at radius 1 is 1.47 bits per heavy atom. The van der Waals surface area contributed by atoms with Gasteiger partial charge in [-0.3, -0.25) is 4.79 Å². The number of hydrogen-bond acceptors (Lipinski definition) is 3. The van der Waals surface area contributed by atoms with Gasteiger partial charge in [0.1, 0.15) is 0 Å². The maximum absolute atomic E-state index is 11.3. The van der Waals surface area contributed by atoms with E-state index in [1.165, 1.54) is 12.8 Å². The largest absolute Gasteiger partial charge is 0.306 e. The van der Waals surface area contributed by atoms with Crippen LogP contribution in [0.3, 0.4) is 0 Å². The quantitative estimate of drug-likeness (QED) is 0.755. The summed E-state index contributed by atoms with van der Waals surface area (Å²) in [6.45, 7) is 9.03. The molecule has 90 valence electrons. The van der Waals surface area contributed by atoms with Gasteiger partial charge in [-0.25, -0.2) is 0 Å². The van der Waals surface area contributed by atoms with Crippen molar-refractivity contribution in [3.63, 3.8) is 0 Å². The van der Waals surface area contributed by atoms with E-state index in [0.717, 1.165) is 19.6 Å². The van der Waals surface area contributed by atoms with Crippen LogP contribution in [0.1, 0.15) is 40.0 Å². The summed E-state index contributed by atoms with van der Waals surface area (Å²) in [5.41, 5.74) is 0. The van der Waals surface area contributed by atoms with Gasteiger partial charge < -0.3 is 10.2 Å². The summed E-state index contributed by atoms with van der Waals surface area (Å²) >= 11 is 0. The summed E-state index contributed by atoms with van der Waals surface area (Å²) in [5.74, 6) is 0.378. The average molecular weight is 214 g/mol. The highest BCUT2D eigenvalue weighted by Gasteiger charge is 2.24. The van der Waals surface area contributed by atoms with E-state index in [1.54, 1.807) is 0 Å². The first-order chi connectivity index (χ1) is 7.24. The molecule has 0 amide bonds. The van der Waals surface area contributed by atoms with Crippen molar-refractivity contribution in [2.24, 2.45) is 0 Å². The topological polar surface area (TPSA) is 32.3 Å². The van der Waals surface area contributed by atoms with Crippen LogP contribution in [-0.2, 0) is 4.79 Å². The van der Waals surface area contributed by atoms with Gasteiger partial charge in [0.05, 0.1) is 6.04 Å². The zero-order valence-corrected chi connectivity index (χ0v) is 10.7.